The molecule has 0 radical (unpaired) electrons. The second-order valence-corrected chi connectivity index (χ2v) is 6.33. The number of carbonyl (C=O) groups excluding carboxylic acids is 1. The molecule has 124 valence electrons. The minimum atomic E-state index is -0.239. The number of ether oxygens (including phenoxy) is 2. The molecule has 1 fully saturated rings. The van der Waals surface area contributed by atoms with E-state index in [0.29, 0.717) is 17.9 Å². The average Bonchev–Trinajstić information content (AvgIpc) is 2.65. The van der Waals surface area contributed by atoms with E-state index in [4.69, 9.17) is 9.47 Å². The molecule has 2 atom stereocenters. The van der Waals surface area contributed by atoms with Gasteiger partial charge in [-0.3, -0.25) is 9.69 Å². The fraction of sp³-hybridized carbons (Fsp3) is 0.350. The molecule has 2 heterocycles. The highest BCUT2D eigenvalue weighted by Crippen LogP contribution is 2.39. The Morgan fingerprint density at radius 3 is 2.46 bits per heavy atom. The molecule has 4 nitrogen and oxygen atoms in total. The molecular formula is C20H21NO3. The van der Waals surface area contributed by atoms with Crippen molar-refractivity contribution in [2.75, 3.05) is 32.8 Å². The molecule has 2 aliphatic rings. The summed E-state index contributed by atoms with van der Waals surface area (Å²) >= 11 is 0. The number of nitrogens with zero attached hydrogens (tertiary/aromatic N) is 1. The second kappa shape index (κ2) is 6.75. The van der Waals surface area contributed by atoms with Crippen molar-refractivity contribution in [1.29, 1.82) is 0 Å². The van der Waals surface area contributed by atoms with Crippen molar-refractivity contribution in [2.45, 2.75) is 6.10 Å². The standard InChI is InChI=1S/C20H21NO3/c22-19-16-8-4-5-9-18(16)24-20(15-6-2-1-3-7-15)17(19)14-21-10-12-23-13-11-21/h1-9,17,20H,10-14H2/t17-,20-/m0/s1. The third-order valence-electron chi connectivity index (χ3n) is 4.80. The zero-order valence-electron chi connectivity index (χ0n) is 13.6. The molecule has 0 bridgehead atoms. The van der Waals surface area contributed by atoms with Crippen molar-refractivity contribution >= 4 is 5.78 Å². The SMILES string of the molecule is O=C1c2ccccc2O[C@@H](c2ccccc2)[C@H]1CN1CCOCC1. The van der Waals surface area contributed by atoms with Gasteiger partial charge in [-0.2, -0.15) is 0 Å². The van der Waals surface area contributed by atoms with Crippen LogP contribution in [0.1, 0.15) is 22.0 Å². The van der Waals surface area contributed by atoms with E-state index in [-0.39, 0.29) is 17.8 Å². The van der Waals surface area contributed by atoms with Crippen molar-refractivity contribution in [3.05, 3.63) is 65.7 Å². The number of hydrogen-bond donors (Lipinski definition) is 0. The van der Waals surface area contributed by atoms with Gasteiger partial charge in [0.25, 0.3) is 0 Å². The van der Waals surface area contributed by atoms with E-state index < -0.39 is 0 Å². The molecule has 2 aliphatic heterocycles. The maximum absolute atomic E-state index is 13.1. The summed E-state index contributed by atoms with van der Waals surface area (Å²) in [6.45, 7) is 3.90. The first-order chi connectivity index (χ1) is 11.8. The van der Waals surface area contributed by atoms with Crippen LogP contribution in [0.15, 0.2) is 54.6 Å². The summed E-state index contributed by atoms with van der Waals surface area (Å²) in [7, 11) is 0. The van der Waals surface area contributed by atoms with Crippen LogP contribution in [0.4, 0.5) is 0 Å². The molecule has 0 aromatic heterocycles. The highest BCUT2D eigenvalue weighted by atomic mass is 16.5. The van der Waals surface area contributed by atoms with Crippen LogP contribution in [0.5, 0.6) is 5.75 Å². The third-order valence-corrected chi connectivity index (χ3v) is 4.80. The number of hydrogen-bond acceptors (Lipinski definition) is 4. The van der Waals surface area contributed by atoms with Gasteiger partial charge in [0.15, 0.2) is 5.78 Å². The maximum Gasteiger partial charge on any atom is 0.175 e. The van der Waals surface area contributed by atoms with Crippen molar-refractivity contribution in [3.8, 4) is 5.75 Å². The Kier molecular flexibility index (Phi) is 4.32. The Labute approximate surface area is 142 Å². The first-order valence-corrected chi connectivity index (χ1v) is 8.48. The van der Waals surface area contributed by atoms with Crippen LogP contribution in [-0.4, -0.2) is 43.5 Å². The van der Waals surface area contributed by atoms with Crippen LogP contribution in [0.2, 0.25) is 0 Å². The van der Waals surface area contributed by atoms with Crippen LogP contribution in [0.25, 0.3) is 0 Å². The van der Waals surface area contributed by atoms with Gasteiger partial charge in [-0.15, -0.1) is 0 Å². The third kappa shape index (κ3) is 2.95. The summed E-state index contributed by atoms with van der Waals surface area (Å²) in [6.07, 6.45) is -0.239. The number of fused-ring (bicyclic) bond motifs is 1. The first kappa shape index (κ1) is 15.4. The normalized spacial score (nSPS) is 24.2. The Bertz CT molecular complexity index is 710. The van der Waals surface area contributed by atoms with Gasteiger partial charge in [0, 0.05) is 19.6 Å². The quantitative estimate of drug-likeness (QED) is 0.870. The summed E-state index contributed by atoms with van der Waals surface area (Å²) in [6, 6.07) is 17.6. The van der Waals surface area contributed by atoms with E-state index in [1.165, 1.54) is 0 Å². The number of Topliss-reactive ketones (excluding diaryl/α,β-unsaturated/α-hetero) is 1. The monoisotopic (exact) mass is 323 g/mol. The molecule has 0 amide bonds. The van der Waals surface area contributed by atoms with Crippen molar-refractivity contribution in [1.82, 2.24) is 4.90 Å². The van der Waals surface area contributed by atoms with E-state index in [1.54, 1.807) is 0 Å². The minimum absolute atomic E-state index is 0.178. The van der Waals surface area contributed by atoms with Crippen molar-refractivity contribution in [3.63, 3.8) is 0 Å². The Hall–Kier alpha value is -2.17. The zero-order chi connectivity index (χ0) is 16.4. The highest BCUT2D eigenvalue weighted by molar-refractivity contribution is 6.01. The fourth-order valence-electron chi connectivity index (χ4n) is 3.51. The van der Waals surface area contributed by atoms with Gasteiger partial charge in [0.05, 0.1) is 24.7 Å². The molecule has 0 aliphatic carbocycles. The highest BCUT2D eigenvalue weighted by Gasteiger charge is 2.39. The molecule has 2 aromatic rings. The van der Waals surface area contributed by atoms with Crippen LogP contribution >= 0.6 is 0 Å². The lowest BCUT2D eigenvalue weighted by Crippen LogP contribution is -2.44. The van der Waals surface area contributed by atoms with Gasteiger partial charge < -0.3 is 9.47 Å². The molecule has 0 saturated carbocycles. The second-order valence-electron chi connectivity index (χ2n) is 6.33. The van der Waals surface area contributed by atoms with Crippen LogP contribution < -0.4 is 4.74 Å². The lowest BCUT2D eigenvalue weighted by atomic mass is 9.85. The van der Waals surface area contributed by atoms with Gasteiger partial charge in [0.2, 0.25) is 0 Å². The van der Waals surface area contributed by atoms with Crippen molar-refractivity contribution < 1.29 is 14.3 Å². The van der Waals surface area contributed by atoms with Gasteiger partial charge in [-0.05, 0) is 17.7 Å². The predicted octanol–water partition coefficient (Wildman–Crippen LogP) is 2.95. The number of ketones is 1. The minimum Gasteiger partial charge on any atom is -0.484 e. The number of rotatable bonds is 3. The van der Waals surface area contributed by atoms with E-state index in [1.807, 2.05) is 54.6 Å². The van der Waals surface area contributed by atoms with Gasteiger partial charge >= 0.3 is 0 Å². The number of para-hydroxylation sites is 1. The molecule has 24 heavy (non-hydrogen) atoms. The molecular weight excluding hydrogens is 302 g/mol. The average molecular weight is 323 g/mol. The molecule has 4 heteroatoms. The molecule has 4 rings (SSSR count). The van der Waals surface area contributed by atoms with Gasteiger partial charge in [-0.25, -0.2) is 0 Å². The van der Waals surface area contributed by atoms with Crippen molar-refractivity contribution in [2.24, 2.45) is 5.92 Å². The van der Waals surface area contributed by atoms with Crippen LogP contribution in [-0.2, 0) is 4.74 Å². The maximum atomic E-state index is 13.1. The van der Waals surface area contributed by atoms with E-state index in [9.17, 15) is 4.79 Å². The Balaban J connectivity index is 1.67. The smallest absolute Gasteiger partial charge is 0.175 e. The Morgan fingerprint density at radius 2 is 1.67 bits per heavy atom. The van der Waals surface area contributed by atoms with E-state index >= 15 is 0 Å². The first-order valence-electron chi connectivity index (χ1n) is 8.48. The number of morpholine rings is 1. The topological polar surface area (TPSA) is 38.8 Å². The molecule has 0 spiro atoms. The lowest BCUT2D eigenvalue weighted by Gasteiger charge is -2.37. The van der Waals surface area contributed by atoms with Gasteiger partial charge in [-0.1, -0.05) is 42.5 Å². The lowest BCUT2D eigenvalue weighted by molar-refractivity contribution is 0.0137. The molecule has 1 saturated heterocycles. The van der Waals surface area contributed by atoms with E-state index in [0.717, 1.165) is 31.9 Å². The summed E-state index contributed by atoms with van der Waals surface area (Å²) in [5.41, 5.74) is 1.75. The van der Waals surface area contributed by atoms with E-state index in [2.05, 4.69) is 4.90 Å². The van der Waals surface area contributed by atoms with Crippen LogP contribution in [0, 0.1) is 5.92 Å². The zero-order valence-corrected chi connectivity index (χ0v) is 13.6. The largest absolute Gasteiger partial charge is 0.484 e. The Morgan fingerprint density at radius 1 is 0.958 bits per heavy atom. The predicted molar refractivity (Wildman–Crippen MR) is 91.3 cm³/mol. The number of carbonyl (C=O) groups is 1. The molecule has 2 aromatic carbocycles. The van der Waals surface area contributed by atoms with Gasteiger partial charge in [0.1, 0.15) is 11.9 Å². The summed E-state index contributed by atoms with van der Waals surface area (Å²) < 4.78 is 11.7. The summed E-state index contributed by atoms with van der Waals surface area (Å²) in [5.74, 6) is 0.673. The van der Waals surface area contributed by atoms with Crippen LogP contribution in [0.3, 0.4) is 0 Å². The summed E-state index contributed by atoms with van der Waals surface area (Å²) in [4.78, 5) is 15.4. The molecule has 0 N–H and O–H groups in total. The number of benzene rings is 2. The fourth-order valence-corrected chi connectivity index (χ4v) is 3.51. The summed E-state index contributed by atoms with van der Waals surface area (Å²) in [5, 5.41) is 0. The molecule has 0 unspecified atom stereocenters.